The summed E-state index contributed by atoms with van der Waals surface area (Å²) in [7, 11) is 0. The summed E-state index contributed by atoms with van der Waals surface area (Å²) in [5.74, 6) is 1.02. The highest BCUT2D eigenvalue weighted by atomic mass is 16.4. The monoisotopic (exact) mass is 304 g/mol. The van der Waals surface area contributed by atoms with Gasteiger partial charge in [0.05, 0.1) is 0 Å². The van der Waals surface area contributed by atoms with Gasteiger partial charge in [-0.2, -0.15) is 5.21 Å². The molecule has 1 aliphatic heterocycles. The molecular formula is C14H20N6O2. The van der Waals surface area contributed by atoms with E-state index in [4.69, 9.17) is 4.42 Å². The molecule has 8 heteroatoms. The Bertz CT molecular complexity index is 615. The van der Waals surface area contributed by atoms with Gasteiger partial charge in [-0.1, -0.05) is 6.92 Å². The molecule has 0 saturated carbocycles. The molecular weight excluding hydrogens is 284 g/mol. The highest BCUT2D eigenvalue weighted by Gasteiger charge is 2.26. The van der Waals surface area contributed by atoms with Crippen LogP contribution in [0.3, 0.4) is 0 Å². The second-order valence-corrected chi connectivity index (χ2v) is 5.48. The van der Waals surface area contributed by atoms with Crippen molar-refractivity contribution in [2.24, 2.45) is 0 Å². The maximum Gasteiger partial charge on any atom is 0.289 e. The summed E-state index contributed by atoms with van der Waals surface area (Å²) >= 11 is 0. The van der Waals surface area contributed by atoms with Gasteiger partial charge in [-0.15, -0.1) is 10.2 Å². The molecule has 1 saturated heterocycles. The van der Waals surface area contributed by atoms with Gasteiger partial charge < -0.3 is 9.32 Å². The number of carbonyl (C=O) groups excluding carboxylic acids is 1. The van der Waals surface area contributed by atoms with Crippen LogP contribution in [-0.4, -0.2) is 68.6 Å². The summed E-state index contributed by atoms with van der Waals surface area (Å²) in [4.78, 5) is 16.7. The number of aromatic nitrogens is 4. The van der Waals surface area contributed by atoms with Gasteiger partial charge in [0.15, 0.2) is 11.5 Å². The number of carbonyl (C=O) groups is 1. The lowest BCUT2D eigenvalue weighted by atomic mass is 10.2. The molecule has 0 aliphatic carbocycles. The Morgan fingerprint density at radius 3 is 2.77 bits per heavy atom. The van der Waals surface area contributed by atoms with Crippen LogP contribution in [0.25, 0.3) is 11.6 Å². The van der Waals surface area contributed by atoms with Crippen molar-refractivity contribution < 1.29 is 9.21 Å². The molecule has 22 heavy (non-hydrogen) atoms. The van der Waals surface area contributed by atoms with Crippen LogP contribution in [0.5, 0.6) is 0 Å². The number of hydrogen-bond acceptors (Lipinski definition) is 6. The first kappa shape index (κ1) is 14.7. The van der Waals surface area contributed by atoms with Crippen LogP contribution in [0.15, 0.2) is 16.5 Å². The summed E-state index contributed by atoms with van der Waals surface area (Å²) in [6.45, 7) is 7.66. The number of hydrogen-bond donors (Lipinski definition) is 1. The fourth-order valence-electron chi connectivity index (χ4n) is 2.62. The molecule has 2 aromatic heterocycles. The largest absolute Gasteiger partial charge is 0.447 e. The van der Waals surface area contributed by atoms with Crippen LogP contribution in [-0.2, 0) is 0 Å². The van der Waals surface area contributed by atoms with Gasteiger partial charge in [0.25, 0.3) is 5.91 Å². The first-order valence-corrected chi connectivity index (χ1v) is 7.56. The van der Waals surface area contributed by atoms with Crippen molar-refractivity contribution >= 4 is 5.91 Å². The maximum atomic E-state index is 12.5. The molecule has 3 heterocycles. The van der Waals surface area contributed by atoms with E-state index in [0.29, 0.717) is 23.4 Å². The van der Waals surface area contributed by atoms with E-state index < -0.39 is 0 Å². The van der Waals surface area contributed by atoms with E-state index in [9.17, 15) is 4.79 Å². The Kier molecular flexibility index (Phi) is 4.19. The third-order valence-corrected chi connectivity index (χ3v) is 4.20. The quantitative estimate of drug-likeness (QED) is 0.906. The van der Waals surface area contributed by atoms with Crippen LogP contribution >= 0.6 is 0 Å². The molecule has 8 nitrogen and oxygen atoms in total. The van der Waals surface area contributed by atoms with Crippen LogP contribution in [0.1, 0.15) is 30.8 Å². The van der Waals surface area contributed by atoms with Gasteiger partial charge in [-0.05, 0) is 30.7 Å². The van der Waals surface area contributed by atoms with E-state index in [0.717, 1.165) is 32.6 Å². The lowest BCUT2D eigenvalue weighted by Gasteiger charge is -2.37. The molecule has 3 rings (SSSR count). The Morgan fingerprint density at radius 2 is 2.14 bits per heavy atom. The van der Waals surface area contributed by atoms with Crippen molar-refractivity contribution in [2.45, 2.75) is 26.3 Å². The number of H-pyrrole nitrogens is 1. The average molecular weight is 304 g/mol. The molecule has 0 aromatic carbocycles. The van der Waals surface area contributed by atoms with Crippen molar-refractivity contribution in [3.63, 3.8) is 0 Å². The van der Waals surface area contributed by atoms with E-state index >= 15 is 0 Å². The molecule has 0 bridgehead atoms. The molecule has 1 atom stereocenters. The molecule has 0 radical (unpaired) electrons. The SMILES string of the molecule is CCC(C)N1CCN(C(=O)c2ccc(-c3nn[nH]n3)o2)CC1. The minimum Gasteiger partial charge on any atom is -0.447 e. The van der Waals surface area contributed by atoms with E-state index in [-0.39, 0.29) is 5.91 Å². The zero-order valence-electron chi connectivity index (χ0n) is 12.8. The predicted octanol–water partition coefficient (Wildman–Crippen LogP) is 1.02. The minimum absolute atomic E-state index is 0.0847. The van der Waals surface area contributed by atoms with E-state index in [1.165, 1.54) is 0 Å². The standard InChI is InChI=1S/C14H20N6O2/c1-3-10(2)19-6-8-20(9-7-19)14(21)12-5-4-11(22-12)13-15-17-18-16-13/h4-5,10H,3,6-9H2,1-2H3,(H,15,16,17,18). The molecule has 1 fully saturated rings. The van der Waals surface area contributed by atoms with Crippen LogP contribution in [0, 0.1) is 0 Å². The van der Waals surface area contributed by atoms with Crippen LogP contribution in [0.4, 0.5) is 0 Å². The van der Waals surface area contributed by atoms with Gasteiger partial charge in [0.2, 0.25) is 5.82 Å². The lowest BCUT2D eigenvalue weighted by molar-refractivity contribution is 0.0551. The zero-order chi connectivity index (χ0) is 15.5. The second-order valence-electron chi connectivity index (χ2n) is 5.48. The molecule has 2 aromatic rings. The number of tetrazole rings is 1. The smallest absolute Gasteiger partial charge is 0.289 e. The van der Waals surface area contributed by atoms with Gasteiger partial charge in [-0.25, -0.2) is 0 Å². The third-order valence-electron chi connectivity index (χ3n) is 4.20. The number of amides is 1. The van der Waals surface area contributed by atoms with E-state index in [1.807, 2.05) is 4.90 Å². The predicted molar refractivity (Wildman–Crippen MR) is 79.1 cm³/mol. The Hall–Kier alpha value is -2.22. The Labute approximate surface area is 128 Å². The summed E-state index contributed by atoms with van der Waals surface area (Å²) in [6.07, 6.45) is 1.13. The normalized spacial score (nSPS) is 17.6. The lowest BCUT2D eigenvalue weighted by Crippen LogP contribution is -2.51. The van der Waals surface area contributed by atoms with Gasteiger partial charge >= 0.3 is 0 Å². The maximum absolute atomic E-state index is 12.5. The Balaban J connectivity index is 1.63. The van der Waals surface area contributed by atoms with Crippen molar-refractivity contribution in [3.05, 3.63) is 17.9 Å². The molecule has 1 unspecified atom stereocenters. The van der Waals surface area contributed by atoms with Gasteiger partial charge in [0.1, 0.15) is 0 Å². The first-order chi connectivity index (χ1) is 10.7. The fraction of sp³-hybridized carbons (Fsp3) is 0.571. The highest BCUT2D eigenvalue weighted by Crippen LogP contribution is 2.19. The number of aromatic amines is 1. The number of rotatable bonds is 4. The summed E-state index contributed by atoms with van der Waals surface area (Å²) in [5, 5.41) is 13.5. The van der Waals surface area contributed by atoms with E-state index in [1.54, 1.807) is 12.1 Å². The first-order valence-electron chi connectivity index (χ1n) is 7.56. The summed E-state index contributed by atoms with van der Waals surface area (Å²) < 4.78 is 5.55. The Morgan fingerprint density at radius 1 is 1.36 bits per heavy atom. The van der Waals surface area contributed by atoms with Crippen LogP contribution in [0.2, 0.25) is 0 Å². The number of nitrogens with one attached hydrogen (secondary N) is 1. The summed E-state index contributed by atoms with van der Waals surface area (Å²) in [6, 6.07) is 3.91. The second kappa shape index (κ2) is 6.27. The van der Waals surface area contributed by atoms with Crippen molar-refractivity contribution in [1.82, 2.24) is 30.4 Å². The molecule has 0 spiro atoms. The molecule has 118 valence electrons. The molecule has 1 N–H and O–H groups in total. The number of piperazine rings is 1. The minimum atomic E-state index is -0.0847. The average Bonchev–Trinajstić information content (AvgIpc) is 3.24. The van der Waals surface area contributed by atoms with E-state index in [2.05, 4.69) is 39.4 Å². The fourth-order valence-corrected chi connectivity index (χ4v) is 2.62. The van der Waals surface area contributed by atoms with Crippen LogP contribution < -0.4 is 0 Å². The number of furan rings is 1. The van der Waals surface area contributed by atoms with Gasteiger partial charge in [0, 0.05) is 32.2 Å². The zero-order valence-corrected chi connectivity index (χ0v) is 12.8. The molecule has 1 amide bonds. The number of nitrogens with zero attached hydrogens (tertiary/aromatic N) is 5. The summed E-state index contributed by atoms with van der Waals surface area (Å²) in [5.41, 5.74) is 0. The topological polar surface area (TPSA) is 91.2 Å². The van der Waals surface area contributed by atoms with Crippen molar-refractivity contribution in [2.75, 3.05) is 26.2 Å². The van der Waals surface area contributed by atoms with Crippen molar-refractivity contribution in [3.8, 4) is 11.6 Å². The highest BCUT2D eigenvalue weighted by molar-refractivity contribution is 5.92. The van der Waals surface area contributed by atoms with Crippen molar-refractivity contribution in [1.29, 1.82) is 0 Å². The van der Waals surface area contributed by atoms with Gasteiger partial charge in [-0.3, -0.25) is 9.69 Å². The molecule has 1 aliphatic rings. The third kappa shape index (κ3) is 2.87.